The summed E-state index contributed by atoms with van der Waals surface area (Å²) < 4.78 is 1.10. The number of aryl methyl sites for hydroxylation is 2. The van der Waals surface area contributed by atoms with Crippen LogP contribution in [0.2, 0.25) is 0 Å². The molecule has 1 aliphatic carbocycles. The lowest BCUT2D eigenvalue weighted by atomic mass is 9.91. The van der Waals surface area contributed by atoms with Crippen LogP contribution in [-0.4, -0.2) is 19.0 Å². The summed E-state index contributed by atoms with van der Waals surface area (Å²) in [6.07, 6.45) is 3.39. The van der Waals surface area contributed by atoms with Gasteiger partial charge in [-0.2, -0.15) is 0 Å². The van der Waals surface area contributed by atoms with Gasteiger partial charge in [0.05, 0.1) is 0 Å². The van der Waals surface area contributed by atoms with E-state index in [9.17, 15) is 4.79 Å². The fraction of sp³-hybridized carbons (Fsp3) is 0.588. The van der Waals surface area contributed by atoms with Crippen molar-refractivity contribution in [2.45, 2.75) is 39.7 Å². The number of halogens is 1. The third-order valence-corrected chi connectivity index (χ3v) is 5.66. The van der Waals surface area contributed by atoms with Gasteiger partial charge in [0.1, 0.15) is 0 Å². The quantitative estimate of drug-likeness (QED) is 0.879. The van der Waals surface area contributed by atoms with Crippen LogP contribution in [0.25, 0.3) is 0 Å². The molecule has 3 rings (SSSR count). The van der Waals surface area contributed by atoms with E-state index in [1.165, 1.54) is 16.7 Å². The van der Waals surface area contributed by atoms with E-state index >= 15 is 0 Å². The highest BCUT2D eigenvalue weighted by atomic mass is 79.9. The average Bonchev–Trinajstić information content (AvgIpc) is 3.11. The molecule has 0 aromatic heterocycles. The number of hydrogen-bond donors (Lipinski definition) is 2. The minimum atomic E-state index is 0.246. The van der Waals surface area contributed by atoms with Gasteiger partial charge in [-0.3, -0.25) is 4.79 Å². The highest BCUT2D eigenvalue weighted by molar-refractivity contribution is 9.10. The second-order valence-electron chi connectivity index (χ2n) is 6.61. The number of carbonyl (C=O) groups is 1. The van der Waals surface area contributed by atoms with Gasteiger partial charge in [-0.25, -0.2) is 0 Å². The maximum Gasteiger partial charge on any atom is 0.223 e. The maximum absolute atomic E-state index is 12.4. The van der Waals surface area contributed by atoms with Gasteiger partial charge in [0.15, 0.2) is 0 Å². The lowest BCUT2D eigenvalue weighted by Gasteiger charge is -2.23. The Balaban J connectivity index is 1.60. The Bertz CT molecular complexity index is 541. The van der Waals surface area contributed by atoms with Crippen LogP contribution in [0.1, 0.15) is 36.0 Å². The molecular weight excluding hydrogens is 328 g/mol. The van der Waals surface area contributed by atoms with Gasteiger partial charge in [-0.05, 0) is 80.4 Å². The lowest BCUT2D eigenvalue weighted by molar-refractivity contribution is -0.123. The molecule has 1 saturated carbocycles. The monoisotopic (exact) mass is 350 g/mol. The number of nitrogens with one attached hydrogen (secondary N) is 2. The molecule has 0 bridgehead atoms. The molecule has 1 saturated heterocycles. The molecule has 114 valence electrons. The summed E-state index contributed by atoms with van der Waals surface area (Å²) in [5, 5.41) is 6.54. The Morgan fingerprint density at radius 3 is 2.57 bits per heavy atom. The molecule has 1 heterocycles. The third-order valence-electron chi connectivity index (χ3n) is 5.21. The zero-order valence-corrected chi connectivity index (χ0v) is 14.3. The van der Waals surface area contributed by atoms with Gasteiger partial charge in [-0.15, -0.1) is 0 Å². The van der Waals surface area contributed by atoms with Crippen LogP contribution in [0, 0.1) is 25.2 Å². The molecule has 2 N–H and O–H groups in total. The molecule has 1 aliphatic heterocycles. The average molecular weight is 351 g/mol. The smallest absolute Gasteiger partial charge is 0.223 e. The van der Waals surface area contributed by atoms with Gasteiger partial charge in [0.2, 0.25) is 5.91 Å². The Kier molecular flexibility index (Phi) is 4.10. The van der Waals surface area contributed by atoms with Crippen LogP contribution in [0.5, 0.6) is 0 Å². The zero-order valence-electron chi connectivity index (χ0n) is 12.8. The third kappa shape index (κ3) is 3.02. The van der Waals surface area contributed by atoms with E-state index in [0.717, 1.165) is 36.8 Å². The van der Waals surface area contributed by atoms with E-state index < -0.39 is 0 Å². The highest BCUT2D eigenvalue weighted by Crippen LogP contribution is 2.58. The number of hydrogen-bond acceptors (Lipinski definition) is 2. The van der Waals surface area contributed by atoms with E-state index in [1.54, 1.807) is 0 Å². The van der Waals surface area contributed by atoms with Crippen LogP contribution in [0.4, 0.5) is 0 Å². The van der Waals surface area contributed by atoms with Crippen molar-refractivity contribution in [1.82, 2.24) is 10.6 Å². The summed E-state index contributed by atoms with van der Waals surface area (Å²) in [6, 6.07) is 4.22. The molecule has 2 fully saturated rings. The Morgan fingerprint density at radius 1 is 1.33 bits per heavy atom. The fourth-order valence-electron chi connectivity index (χ4n) is 3.71. The normalized spacial score (nSPS) is 23.1. The van der Waals surface area contributed by atoms with E-state index in [0.29, 0.717) is 12.0 Å². The van der Waals surface area contributed by atoms with Crippen molar-refractivity contribution in [3.05, 3.63) is 33.3 Å². The molecule has 1 aromatic carbocycles. The van der Waals surface area contributed by atoms with Gasteiger partial charge in [0.25, 0.3) is 0 Å². The van der Waals surface area contributed by atoms with Gasteiger partial charge in [-0.1, -0.05) is 15.9 Å². The summed E-state index contributed by atoms with van der Waals surface area (Å²) in [4.78, 5) is 12.4. The van der Waals surface area contributed by atoms with Crippen LogP contribution in [-0.2, 0) is 11.3 Å². The zero-order chi connectivity index (χ0) is 15.0. The number of amides is 1. The fourth-order valence-corrected chi connectivity index (χ4v) is 4.40. The number of carbonyl (C=O) groups excluding carboxylic acids is 1. The summed E-state index contributed by atoms with van der Waals surface area (Å²) in [7, 11) is 0. The number of rotatable bonds is 3. The first kappa shape index (κ1) is 15.0. The second-order valence-corrected chi connectivity index (χ2v) is 7.52. The van der Waals surface area contributed by atoms with Gasteiger partial charge in [0, 0.05) is 16.9 Å². The van der Waals surface area contributed by atoms with Crippen LogP contribution < -0.4 is 10.6 Å². The van der Waals surface area contributed by atoms with Crippen molar-refractivity contribution in [1.29, 1.82) is 0 Å². The number of piperidine rings is 1. The molecule has 4 heteroatoms. The van der Waals surface area contributed by atoms with E-state index in [4.69, 9.17) is 0 Å². The Labute approximate surface area is 135 Å². The van der Waals surface area contributed by atoms with Gasteiger partial charge >= 0.3 is 0 Å². The summed E-state index contributed by atoms with van der Waals surface area (Å²) >= 11 is 3.52. The van der Waals surface area contributed by atoms with Crippen molar-refractivity contribution in [2.75, 3.05) is 13.1 Å². The molecule has 1 amide bonds. The SMILES string of the molecule is Cc1cc(Br)cc(C)c1CNC(=O)C1CC12CCNCC2. The summed E-state index contributed by atoms with van der Waals surface area (Å²) in [5.74, 6) is 0.495. The summed E-state index contributed by atoms with van der Waals surface area (Å²) in [6.45, 7) is 6.98. The minimum absolute atomic E-state index is 0.246. The van der Waals surface area contributed by atoms with Gasteiger partial charge < -0.3 is 10.6 Å². The first-order valence-electron chi connectivity index (χ1n) is 7.76. The van der Waals surface area contributed by atoms with Crippen molar-refractivity contribution >= 4 is 21.8 Å². The van der Waals surface area contributed by atoms with Crippen molar-refractivity contribution in [3.63, 3.8) is 0 Å². The van der Waals surface area contributed by atoms with Crippen LogP contribution >= 0.6 is 15.9 Å². The van der Waals surface area contributed by atoms with Crippen molar-refractivity contribution in [3.8, 4) is 0 Å². The highest BCUT2D eigenvalue weighted by Gasteiger charge is 2.57. The molecule has 3 nitrogen and oxygen atoms in total. The maximum atomic E-state index is 12.4. The van der Waals surface area contributed by atoms with E-state index in [2.05, 4.69) is 52.5 Å². The summed E-state index contributed by atoms with van der Waals surface area (Å²) in [5.41, 5.74) is 4.02. The minimum Gasteiger partial charge on any atom is -0.352 e. The number of benzene rings is 1. The lowest BCUT2D eigenvalue weighted by Crippen LogP contribution is -2.33. The molecule has 1 aromatic rings. The second kappa shape index (κ2) is 5.73. The standard InChI is InChI=1S/C17H23BrN2O/c1-11-7-13(18)8-12(2)14(11)10-20-16(21)15-9-17(15)3-5-19-6-4-17/h7-8,15,19H,3-6,9-10H2,1-2H3,(H,20,21). The van der Waals surface area contributed by atoms with Crippen molar-refractivity contribution < 1.29 is 4.79 Å². The predicted molar refractivity (Wildman–Crippen MR) is 88.1 cm³/mol. The van der Waals surface area contributed by atoms with Crippen LogP contribution in [0.3, 0.4) is 0 Å². The Morgan fingerprint density at radius 2 is 1.95 bits per heavy atom. The largest absolute Gasteiger partial charge is 0.352 e. The molecular formula is C17H23BrN2O. The van der Waals surface area contributed by atoms with E-state index in [-0.39, 0.29) is 11.8 Å². The van der Waals surface area contributed by atoms with E-state index in [1.807, 2.05) is 0 Å². The van der Waals surface area contributed by atoms with Crippen molar-refractivity contribution in [2.24, 2.45) is 11.3 Å². The predicted octanol–water partition coefficient (Wildman–Crippen LogP) is 3.07. The topological polar surface area (TPSA) is 41.1 Å². The molecule has 21 heavy (non-hydrogen) atoms. The first-order valence-corrected chi connectivity index (χ1v) is 8.55. The van der Waals surface area contributed by atoms with Crippen LogP contribution in [0.15, 0.2) is 16.6 Å². The Hall–Kier alpha value is -0.870. The first-order chi connectivity index (χ1) is 10.0. The molecule has 2 aliphatic rings. The molecule has 1 atom stereocenters. The molecule has 1 unspecified atom stereocenters. The molecule has 1 spiro atoms. The molecule has 0 radical (unpaired) electrons.